The van der Waals surface area contributed by atoms with Crippen molar-refractivity contribution in [1.29, 1.82) is 0 Å². The first-order valence-electron chi connectivity index (χ1n) is 5.08. The predicted octanol–water partition coefficient (Wildman–Crippen LogP) is 3.90. The third-order valence-electron chi connectivity index (χ3n) is 2.00. The van der Waals surface area contributed by atoms with Crippen LogP contribution in [0.5, 0.6) is 11.5 Å². The number of phosphoric ester groups is 1. The van der Waals surface area contributed by atoms with E-state index in [2.05, 4.69) is 0 Å². The molecule has 1 N–H and O–H groups in total. The SMILES string of the molecule is O=P(O)(Oc1ccccc1)Oc1ccc(Cl)cc1. The predicted molar refractivity (Wildman–Crippen MR) is 69.0 cm³/mol. The molecule has 2 rings (SSSR count). The maximum absolute atomic E-state index is 11.7. The van der Waals surface area contributed by atoms with Crippen LogP contribution in [-0.2, 0) is 4.57 Å². The maximum atomic E-state index is 11.7. The Bertz CT molecular complexity index is 556. The van der Waals surface area contributed by atoms with Gasteiger partial charge in [0.25, 0.3) is 0 Å². The molecule has 0 radical (unpaired) electrons. The summed E-state index contributed by atoms with van der Waals surface area (Å²) in [4.78, 5) is 9.57. The summed E-state index contributed by atoms with van der Waals surface area (Å²) in [6.07, 6.45) is 0. The van der Waals surface area contributed by atoms with Crippen molar-refractivity contribution in [1.82, 2.24) is 0 Å². The van der Waals surface area contributed by atoms with E-state index in [0.29, 0.717) is 5.02 Å². The summed E-state index contributed by atoms with van der Waals surface area (Å²) in [7, 11) is -4.19. The molecule has 18 heavy (non-hydrogen) atoms. The number of benzene rings is 2. The Morgan fingerprint density at radius 2 is 1.39 bits per heavy atom. The first-order valence-corrected chi connectivity index (χ1v) is 6.95. The second kappa shape index (κ2) is 5.44. The molecule has 0 aliphatic heterocycles. The van der Waals surface area contributed by atoms with E-state index in [9.17, 15) is 9.46 Å². The van der Waals surface area contributed by atoms with Crippen LogP contribution in [-0.4, -0.2) is 4.89 Å². The first-order chi connectivity index (χ1) is 8.55. The molecule has 0 bridgehead atoms. The summed E-state index contributed by atoms with van der Waals surface area (Å²) in [5.74, 6) is 0.471. The molecule has 0 amide bonds. The Balaban J connectivity index is 2.08. The lowest BCUT2D eigenvalue weighted by molar-refractivity contribution is 0.291. The average Bonchev–Trinajstić information content (AvgIpc) is 2.32. The molecule has 0 aliphatic carbocycles. The van der Waals surface area contributed by atoms with E-state index in [1.54, 1.807) is 42.5 Å². The van der Waals surface area contributed by atoms with Crippen LogP contribution in [0.25, 0.3) is 0 Å². The van der Waals surface area contributed by atoms with Gasteiger partial charge in [-0.2, -0.15) is 0 Å². The van der Waals surface area contributed by atoms with Crippen molar-refractivity contribution in [2.24, 2.45) is 0 Å². The number of hydrogen-bond acceptors (Lipinski definition) is 3. The normalized spacial score (nSPS) is 13.7. The van der Waals surface area contributed by atoms with Crippen molar-refractivity contribution < 1.29 is 18.5 Å². The van der Waals surface area contributed by atoms with Gasteiger partial charge in [-0.15, -0.1) is 0 Å². The first kappa shape index (κ1) is 13.0. The molecule has 0 saturated heterocycles. The second-order valence-electron chi connectivity index (χ2n) is 3.42. The standard InChI is InChI=1S/C12H10ClO4P/c13-10-6-8-12(9-7-10)17-18(14,15)16-11-4-2-1-3-5-11/h1-9H,(H,14,15). The number of para-hydroxylation sites is 1. The second-order valence-corrected chi connectivity index (χ2v) is 5.16. The van der Waals surface area contributed by atoms with Crippen LogP contribution in [0.2, 0.25) is 5.02 Å². The minimum Gasteiger partial charge on any atom is -0.395 e. The Labute approximate surface area is 109 Å². The minimum absolute atomic E-state index is 0.209. The van der Waals surface area contributed by atoms with Gasteiger partial charge in [0.05, 0.1) is 0 Å². The van der Waals surface area contributed by atoms with E-state index in [4.69, 9.17) is 20.6 Å². The van der Waals surface area contributed by atoms with Gasteiger partial charge >= 0.3 is 7.82 Å². The molecular weight excluding hydrogens is 275 g/mol. The van der Waals surface area contributed by atoms with Crippen LogP contribution in [0.4, 0.5) is 0 Å². The van der Waals surface area contributed by atoms with Crippen LogP contribution in [0, 0.1) is 0 Å². The summed E-state index contributed by atoms with van der Waals surface area (Å²) < 4.78 is 21.5. The maximum Gasteiger partial charge on any atom is 0.584 e. The molecule has 1 atom stereocenters. The molecule has 6 heteroatoms. The number of phosphoric acid groups is 1. The van der Waals surface area contributed by atoms with Crippen molar-refractivity contribution in [3.63, 3.8) is 0 Å². The molecule has 0 heterocycles. The van der Waals surface area contributed by atoms with Gasteiger partial charge in [0.2, 0.25) is 0 Å². The zero-order valence-electron chi connectivity index (χ0n) is 9.19. The highest BCUT2D eigenvalue weighted by atomic mass is 35.5. The van der Waals surface area contributed by atoms with Gasteiger partial charge in [0.1, 0.15) is 11.5 Å². The summed E-state index contributed by atoms with van der Waals surface area (Å²) >= 11 is 5.69. The Hall–Kier alpha value is -1.48. The molecule has 94 valence electrons. The Kier molecular flexibility index (Phi) is 3.92. The van der Waals surface area contributed by atoms with E-state index in [1.165, 1.54) is 12.1 Å². The fourth-order valence-electron chi connectivity index (χ4n) is 1.26. The quantitative estimate of drug-likeness (QED) is 0.865. The highest BCUT2D eigenvalue weighted by Gasteiger charge is 2.24. The molecule has 0 saturated carbocycles. The lowest BCUT2D eigenvalue weighted by Gasteiger charge is -2.13. The van der Waals surface area contributed by atoms with Gasteiger partial charge in [-0.25, -0.2) is 4.57 Å². The molecule has 0 spiro atoms. The molecule has 1 unspecified atom stereocenters. The Morgan fingerprint density at radius 1 is 0.889 bits per heavy atom. The topological polar surface area (TPSA) is 55.8 Å². The molecular formula is C12H10ClO4P. The van der Waals surface area contributed by atoms with Crippen molar-refractivity contribution in [2.45, 2.75) is 0 Å². The van der Waals surface area contributed by atoms with Gasteiger partial charge in [-0.1, -0.05) is 29.8 Å². The molecule has 4 nitrogen and oxygen atoms in total. The van der Waals surface area contributed by atoms with E-state index in [0.717, 1.165) is 0 Å². The van der Waals surface area contributed by atoms with Crippen LogP contribution in [0.15, 0.2) is 54.6 Å². The van der Waals surface area contributed by atoms with Crippen LogP contribution >= 0.6 is 19.4 Å². The highest BCUT2D eigenvalue weighted by Crippen LogP contribution is 2.44. The van der Waals surface area contributed by atoms with Gasteiger partial charge in [0.15, 0.2) is 0 Å². The lowest BCUT2D eigenvalue weighted by Crippen LogP contribution is -1.99. The summed E-state index contributed by atoms with van der Waals surface area (Å²) in [5.41, 5.74) is 0. The number of rotatable bonds is 4. The molecule has 0 aliphatic rings. The zero-order chi connectivity index (χ0) is 13.0. The monoisotopic (exact) mass is 284 g/mol. The van der Waals surface area contributed by atoms with E-state index in [-0.39, 0.29) is 11.5 Å². The van der Waals surface area contributed by atoms with Crippen molar-refractivity contribution in [3.05, 3.63) is 59.6 Å². The Morgan fingerprint density at radius 3 is 1.94 bits per heavy atom. The third kappa shape index (κ3) is 3.77. The van der Waals surface area contributed by atoms with Gasteiger partial charge in [-0.05, 0) is 36.4 Å². The fraction of sp³-hybridized carbons (Fsp3) is 0. The van der Waals surface area contributed by atoms with Crippen LogP contribution in [0.1, 0.15) is 0 Å². The third-order valence-corrected chi connectivity index (χ3v) is 3.13. The van der Waals surface area contributed by atoms with E-state index >= 15 is 0 Å². The van der Waals surface area contributed by atoms with Gasteiger partial charge < -0.3 is 9.05 Å². The highest BCUT2D eigenvalue weighted by molar-refractivity contribution is 7.48. The largest absolute Gasteiger partial charge is 0.584 e. The minimum atomic E-state index is -4.19. The van der Waals surface area contributed by atoms with Crippen molar-refractivity contribution in [2.75, 3.05) is 0 Å². The van der Waals surface area contributed by atoms with E-state index in [1.807, 2.05) is 0 Å². The zero-order valence-corrected chi connectivity index (χ0v) is 10.8. The molecule has 2 aromatic carbocycles. The van der Waals surface area contributed by atoms with E-state index < -0.39 is 7.82 Å². The molecule has 0 fully saturated rings. The fourth-order valence-corrected chi connectivity index (χ4v) is 2.20. The van der Waals surface area contributed by atoms with Crippen LogP contribution in [0.3, 0.4) is 0 Å². The van der Waals surface area contributed by atoms with Gasteiger partial charge in [-0.3, -0.25) is 4.89 Å². The van der Waals surface area contributed by atoms with Crippen molar-refractivity contribution in [3.8, 4) is 11.5 Å². The smallest absolute Gasteiger partial charge is 0.395 e. The van der Waals surface area contributed by atoms with Crippen molar-refractivity contribution >= 4 is 19.4 Å². The molecule has 0 aromatic heterocycles. The lowest BCUT2D eigenvalue weighted by atomic mass is 10.3. The van der Waals surface area contributed by atoms with Crippen LogP contribution < -0.4 is 9.05 Å². The number of hydrogen-bond donors (Lipinski definition) is 1. The summed E-state index contributed by atoms with van der Waals surface area (Å²) in [5, 5.41) is 0.513. The summed E-state index contributed by atoms with van der Waals surface area (Å²) in [6, 6.07) is 14.4. The molecule has 2 aromatic rings. The number of halogens is 1. The van der Waals surface area contributed by atoms with Gasteiger partial charge in [0, 0.05) is 5.02 Å². The average molecular weight is 285 g/mol. The summed E-state index contributed by atoms with van der Waals surface area (Å²) in [6.45, 7) is 0.